The molecule has 5 heteroatoms. The van der Waals surface area contributed by atoms with Gasteiger partial charge in [0.15, 0.2) is 0 Å². The van der Waals surface area contributed by atoms with Crippen molar-refractivity contribution in [3.8, 4) is 11.5 Å². The van der Waals surface area contributed by atoms with E-state index < -0.39 is 6.10 Å². The predicted molar refractivity (Wildman–Crippen MR) is 65.4 cm³/mol. The Kier molecular flexibility index (Phi) is 6.18. The lowest BCUT2D eigenvalue weighted by Gasteiger charge is -2.18. The minimum atomic E-state index is -0.755. The van der Waals surface area contributed by atoms with Crippen molar-refractivity contribution < 1.29 is 14.6 Å². The van der Waals surface area contributed by atoms with Crippen LogP contribution < -0.4 is 15.2 Å². The van der Waals surface area contributed by atoms with Crippen LogP contribution in [0.25, 0.3) is 0 Å². The number of halogens is 1. The first-order valence-corrected chi connectivity index (χ1v) is 4.75. The Morgan fingerprint density at radius 3 is 2.31 bits per heavy atom. The molecule has 0 heterocycles. The van der Waals surface area contributed by atoms with Gasteiger partial charge >= 0.3 is 0 Å². The van der Waals surface area contributed by atoms with Crippen molar-refractivity contribution in [1.29, 1.82) is 0 Å². The Morgan fingerprint density at radius 2 is 1.88 bits per heavy atom. The average molecular weight is 248 g/mol. The smallest absolute Gasteiger partial charge is 0.124 e. The standard InChI is InChI=1S/C11H17NO3.ClH/c1-7(12)11(13)9-6-8(14-2)4-5-10(9)15-3;/h4-7,11,13H,12H2,1-3H3;1H/t7-,11-;/m1./s1. The molecule has 2 atom stereocenters. The number of aliphatic hydroxyl groups is 1. The summed E-state index contributed by atoms with van der Waals surface area (Å²) in [4.78, 5) is 0. The summed E-state index contributed by atoms with van der Waals surface area (Å²) in [6.07, 6.45) is -0.755. The largest absolute Gasteiger partial charge is 0.497 e. The lowest BCUT2D eigenvalue weighted by Crippen LogP contribution is -2.24. The van der Waals surface area contributed by atoms with Gasteiger partial charge in [-0.1, -0.05) is 0 Å². The molecule has 0 saturated heterocycles. The van der Waals surface area contributed by atoms with Crippen molar-refractivity contribution in [2.45, 2.75) is 19.1 Å². The molecule has 0 radical (unpaired) electrons. The fourth-order valence-corrected chi connectivity index (χ4v) is 1.35. The van der Waals surface area contributed by atoms with E-state index in [4.69, 9.17) is 15.2 Å². The first-order valence-electron chi connectivity index (χ1n) is 4.75. The zero-order valence-corrected chi connectivity index (χ0v) is 10.5. The number of benzene rings is 1. The van der Waals surface area contributed by atoms with E-state index in [1.165, 1.54) is 0 Å². The van der Waals surface area contributed by atoms with Crippen LogP contribution in [0.2, 0.25) is 0 Å². The molecule has 3 N–H and O–H groups in total. The topological polar surface area (TPSA) is 64.7 Å². The van der Waals surface area contributed by atoms with Gasteiger partial charge in [0.1, 0.15) is 11.5 Å². The number of hydrogen-bond donors (Lipinski definition) is 2. The minimum Gasteiger partial charge on any atom is -0.497 e. The van der Waals surface area contributed by atoms with E-state index in [9.17, 15) is 5.11 Å². The Balaban J connectivity index is 0.00000225. The van der Waals surface area contributed by atoms with Crippen molar-refractivity contribution >= 4 is 12.4 Å². The molecule has 1 aromatic rings. The molecule has 4 nitrogen and oxygen atoms in total. The number of ether oxygens (including phenoxy) is 2. The van der Waals surface area contributed by atoms with E-state index in [1.54, 1.807) is 39.3 Å². The van der Waals surface area contributed by atoms with E-state index in [-0.39, 0.29) is 18.4 Å². The maximum atomic E-state index is 9.87. The van der Waals surface area contributed by atoms with Crippen LogP contribution in [0.5, 0.6) is 11.5 Å². The van der Waals surface area contributed by atoms with Crippen LogP contribution in [-0.2, 0) is 0 Å². The zero-order valence-electron chi connectivity index (χ0n) is 9.64. The van der Waals surface area contributed by atoms with E-state index in [2.05, 4.69) is 0 Å². The Morgan fingerprint density at radius 1 is 1.25 bits per heavy atom. The average Bonchev–Trinajstić information content (AvgIpc) is 2.27. The first-order chi connectivity index (χ1) is 7.10. The molecule has 0 fully saturated rings. The third-order valence-electron chi connectivity index (χ3n) is 2.25. The summed E-state index contributed by atoms with van der Waals surface area (Å²) in [5.74, 6) is 1.28. The number of nitrogens with two attached hydrogens (primary N) is 1. The highest BCUT2D eigenvalue weighted by atomic mass is 35.5. The molecule has 0 aliphatic heterocycles. The quantitative estimate of drug-likeness (QED) is 0.847. The third kappa shape index (κ3) is 3.27. The first kappa shape index (κ1) is 15.0. The van der Waals surface area contributed by atoms with E-state index in [1.807, 2.05) is 0 Å². The lowest BCUT2D eigenvalue weighted by atomic mass is 10.0. The van der Waals surface area contributed by atoms with Crippen molar-refractivity contribution in [1.82, 2.24) is 0 Å². The Hall–Kier alpha value is -0.970. The summed E-state index contributed by atoms with van der Waals surface area (Å²) in [5, 5.41) is 9.87. The van der Waals surface area contributed by atoms with E-state index >= 15 is 0 Å². The van der Waals surface area contributed by atoms with Gasteiger partial charge < -0.3 is 20.3 Å². The molecule has 0 aliphatic rings. The van der Waals surface area contributed by atoms with Crippen molar-refractivity contribution in [3.63, 3.8) is 0 Å². The van der Waals surface area contributed by atoms with Gasteiger partial charge in [-0.2, -0.15) is 0 Å². The highest BCUT2D eigenvalue weighted by Crippen LogP contribution is 2.30. The summed E-state index contributed by atoms with van der Waals surface area (Å²) in [5.41, 5.74) is 6.28. The van der Waals surface area contributed by atoms with Crippen molar-refractivity contribution in [2.75, 3.05) is 14.2 Å². The summed E-state index contributed by atoms with van der Waals surface area (Å²) in [6, 6.07) is 4.90. The third-order valence-corrected chi connectivity index (χ3v) is 2.25. The summed E-state index contributed by atoms with van der Waals surface area (Å²) in [7, 11) is 3.13. The summed E-state index contributed by atoms with van der Waals surface area (Å²) in [6.45, 7) is 1.74. The Labute approximate surface area is 102 Å². The van der Waals surface area contributed by atoms with Gasteiger partial charge in [-0.05, 0) is 25.1 Å². The van der Waals surface area contributed by atoms with Crippen molar-refractivity contribution in [2.24, 2.45) is 5.73 Å². The van der Waals surface area contributed by atoms with Gasteiger partial charge in [-0.3, -0.25) is 0 Å². The van der Waals surface area contributed by atoms with Gasteiger partial charge in [0.2, 0.25) is 0 Å². The highest BCUT2D eigenvalue weighted by molar-refractivity contribution is 5.85. The second kappa shape index (κ2) is 6.58. The molecule has 0 spiro atoms. The molecule has 16 heavy (non-hydrogen) atoms. The Bertz CT molecular complexity index is 331. The SMILES string of the molecule is COc1ccc(OC)c([C@H](O)[C@@H](C)N)c1.Cl. The molecule has 0 aromatic heterocycles. The monoisotopic (exact) mass is 247 g/mol. The minimum absolute atomic E-state index is 0. The molecule has 0 saturated carbocycles. The van der Waals surface area contributed by atoms with Crippen LogP contribution in [0.15, 0.2) is 18.2 Å². The number of hydrogen-bond acceptors (Lipinski definition) is 4. The molecule has 0 bridgehead atoms. The van der Waals surface area contributed by atoms with Crippen LogP contribution >= 0.6 is 12.4 Å². The molecule has 92 valence electrons. The highest BCUT2D eigenvalue weighted by Gasteiger charge is 2.17. The van der Waals surface area contributed by atoms with Crippen LogP contribution in [0, 0.1) is 0 Å². The number of rotatable bonds is 4. The number of methoxy groups -OCH3 is 2. The second-order valence-corrected chi connectivity index (χ2v) is 3.41. The predicted octanol–water partition coefficient (Wildman–Crippen LogP) is 1.51. The maximum absolute atomic E-state index is 9.87. The molecular weight excluding hydrogens is 230 g/mol. The van der Waals surface area contributed by atoms with Gasteiger partial charge in [0.05, 0.1) is 20.3 Å². The van der Waals surface area contributed by atoms with E-state index in [0.29, 0.717) is 17.1 Å². The van der Waals surface area contributed by atoms with Crippen molar-refractivity contribution in [3.05, 3.63) is 23.8 Å². The molecule has 1 aromatic carbocycles. The van der Waals surface area contributed by atoms with Crippen LogP contribution in [0.3, 0.4) is 0 Å². The van der Waals surface area contributed by atoms with Crippen LogP contribution in [-0.4, -0.2) is 25.4 Å². The fourth-order valence-electron chi connectivity index (χ4n) is 1.35. The lowest BCUT2D eigenvalue weighted by molar-refractivity contribution is 0.149. The molecule has 1 rings (SSSR count). The van der Waals surface area contributed by atoms with Gasteiger partial charge in [0, 0.05) is 11.6 Å². The second-order valence-electron chi connectivity index (χ2n) is 3.41. The summed E-state index contributed by atoms with van der Waals surface area (Å²) < 4.78 is 10.2. The van der Waals surface area contributed by atoms with Gasteiger partial charge in [-0.25, -0.2) is 0 Å². The molecule has 0 aliphatic carbocycles. The normalized spacial score (nSPS) is 13.6. The molecular formula is C11H18ClNO3. The zero-order chi connectivity index (χ0) is 11.4. The maximum Gasteiger partial charge on any atom is 0.124 e. The van der Waals surface area contributed by atoms with Crippen LogP contribution in [0.4, 0.5) is 0 Å². The van der Waals surface area contributed by atoms with E-state index in [0.717, 1.165) is 0 Å². The van der Waals surface area contributed by atoms with Gasteiger partial charge in [0.25, 0.3) is 0 Å². The molecule has 0 unspecified atom stereocenters. The van der Waals surface area contributed by atoms with Gasteiger partial charge in [-0.15, -0.1) is 12.4 Å². The summed E-state index contributed by atoms with van der Waals surface area (Å²) >= 11 is 0. The number of aliphatic hydroxyl groups excluding tert-OH is 1. The molecule has 0 amide bonds. The fraction of sp³-hybridized carbons (Fsp3) is 0.455. The van der Waals surface area contributed by atoms with Crippen LogP contribution in [0.1, 0.15) is 18.6 Å².